The van der Waals surface area contributed by atoms with E-state index < -0.39 is 5.97 Å². The van der Waals surface area contributed by atoms with Gasteiger partial charge in [0.05, 0.1) is 0 Å². The SMILES string of the molecule is O=C(O)CN1C(=O)CCN1C1CC1. The van der Waals surface area contributed by atoms with E-state index in [0.29, 0.717) is 19.0 Å². The van der Waals surface area contributed by atoms with E-state index in [4.69, 9.17) is 5.11 Å². The summed E-state index contributed by atoms with van der Waals surface area (Å²) in [6.45, 7) is 0.506. The van der Waals surface area contributed by atoms with Gasteiger partial charge in [-0.05, 0) is 12.8 Å². The van der Waals surface area contributed by atoms with Crippen molar-refractivity contribution in [3.05, 3.63) is 0 Å². The summed E-state index contributed by atoms with van der Waals surface area (Å²) in [7, 11) is 0. The number of carboxylic acids is 1. The number of hydrogen-bond donors (Lipinski definition) is 1. The molecule has 72 valence electrons. The Bertz CT molecular complexity index is 250. The first-order valence-electron chi connectivity index (χ1n) is 4.47. The molecule has 13 heavy (non-hydrogen) atoms. The number of aliphatic carboxylic acids is 1. The minimum Gasteiger partial charge on any atom is -0.480 e. The van der Waals surface area contributed by atoms with E-state index in [1.165, 1.54) is 5.01 Å². The molecule has 0 atom stereocenters. The van der Waals surface area contributed by atoms with Crippen LogP contribution >= 0.6 is 0 Å². The molecular formula is C8H12N2O3. The second-order valence-corrected chi connectivity index (χ2v) is 3.49. The minimum absolute atomic E-state index is 0.0608. The van der Waals surface area contributed by atoms with E-state index in [9.17, 15) is 9.59 Å². The Morgan fingerprint density at radius 1 is 1.54 bits per heavy atom. The van der Waals surface area contributed by atoms with Crippen LogP contribution in [0.1, 0.15) is 19.3 Å². The van der Waals surface area contributed by atoms with Crippen molar-refractivity contribution in [3.63, 3.8) is 0 Å². The van der Waals surface area contributed by atoms with Gasteiger partial charge in [-0.15, -0.1) is 0 Å². The number of hydrogen-bond acceptors (Lipinski definition) is 3. The first-order chi connectivity index (χ1) is 6.18. The molecule has 1 saturated heterocycles. The molecule has 0 unspecified atom stereocenters. The normalized spacial score (nSPS) is 24.0. The van der Waals surface area contributed by atoms with Gasteiger partial charge in [0.1, 0.15) is 6.54 Å². The Balaban J connectivity index is 2.02. The second kappa shape index (κ2) is 2.99. The largest absolute Gasteiger partial charge is 0.480 e. The summed E-state index contributed by atoms with van der Waals surface area (Å²) in [6.07, 6.45) is 2.64. The van der Waals surface area contributed by atoms with Crippen molar-refractivity contribution in [2.24, 2.45) is 0 Å². The van der Waals surface area contributed by atoms with Crippen molar-refractivity contribution in [2.75, 3.05) is 13.1 Å². The predicted molar refractivity (Wildman–Crippen MR) is 43.7 cm³/mol. The summed E-state index contributed by atoms with van der Waals surface area (Å²) in [6, 6.07) is 0.422. The average Bonchev–Trinajstić information content (AvgIpc) is 2.81. The van der Waals surface area contributed by atoms with Crippen LogP contribution in [0.4, 0.5) is 0 Å². The van der Waals surface area contributed by atoms with E-state index in [2.05, 4.69) is 0 Å². The Morgan fingerprint density at radius 2 is 2.23 bits per heavy atom. The zero-order valence-corrected chi connectivity index (χ0v) is 7.27. The molecule has 5 nitrogen and oxygen atoms in total. The molecule has 0 aromatic carbocycles. The molecule has 0 bridgehead atoms. The Morgan fingerprint density at radius 3 is 2.77 bits per heavy atom. The van der Waals surface area contributed by atoms with Gasteiger partial charge in [-0.25, -0.2) is 5.01 Å². The van der Waals surface area contributed by atoms with Crippen molar-refractivity contribution in [3.8, 4) is 0 Å². The van der Waals surface area contributed by atoms with Gasteiger partial charge in [0.25, 0.3) is 0 Å². The number of nitrogens with zero attached hydrogens (tertiary/aromatic N) is 2. The molecule has 1 aliphatic heterocycles. The molecule has 2 fully saturated rings. The summed E-state index contributed by atoms with van der Waals surface area (Å²) in [4.78, 5) is 21.7. The first-order valence-corrected chi connectivity index (χ1v) is 4.47. The predicted octanol–water partition coefficient (Wildman–Crippen LogP) is -0.317. The van der Waals surface area contributed by atoms with Crippen LogP contribution in [0.3, 0.4) is 0 Å². The fourth-order valence-corrected chi connectivity index (χ4v) is 1.66. The lowest BCUT2D eigenvalue weighted by Crippen LogP contribution is -2.43. The number of carboxylic acid groups (broad SMARTS) is 1. The number of carbonyl (C=O) groups is 2. The van der Waals surface area contributed by atoms with Crippen LogP contribution < -0.4 is 0 Å². The third-order valence-electron chi connectivity index (χ3n) is 2.41. The van der Waals surface area contributed by atoms with Crippen LogP contribution in [0, 0.1) is 0 Å². The minimum atomic E-state index is -0.944. The van der Waals surface area contributed by atoms with Crippen LogP contribution in [0.2, 0.25) is 0 Å². The van der Waals surface area contributed by atoms with Crippen molar-refractivity contribution in [1.82, 2.24) is 10.0 Å². The maximum Gasteiger partial charge on any atom is 0.324 e. The Hall–Kier alpha value is -1.10. The molecule has 1 saturated carbocycles. The zero-order chi connectivity index (χ0) is 9.42. The summed E-state index contributed by atoms with van der Waals surface area (Å²) in [5, 5.41) is 11.9. The number of amides is 1. The smallest absolute Gasteiger partial charge is 0.324 e. The summed E-state index contributed by atoms with van der Waals surface area (Å²) in [5.41, 5.74) is 0. The third-order valence-corrected chi connectivity index (χ3v) is 2.41. The fourth-order valence-electron chi connectivity index (χ4n) is 1.66. The van der Waals surface area contributed by atoms with Crippen molar-refractivity contribution in [1.29, 1.82) is 0 Å². The van der Waals surface area contributed by atoms with Crippen molar-refractivity contribution < 1.29 is 14.7 Å². The van der Waals surface area contributed by atoms with Crippen LogP contribution in [0.5, 0.6) is 0 Å². The number of rotatable bonds is 3. The highest BCUT2D eigenvalue weighted by atomic mass is 16.4. The van der Waals surface area contributed by atoms with Gasteiger partial charge < -0.3 is 5.11 Å². The van der Waals surface area contributed by atoms with Gasteiger partial charge in [0, 0.05) is 19.0 Å². The van der Waals surface area contributed by atoms with Crippen LogP contribution in [0.15, 0.2) is 0 Å². The highest BCUT2D eigenvalue weighted by molar-refractivity contribution is 5.82. The lowest BCUT2D eigenvalue weighted by Gasteiger charge is -2.25. The molecule has 0 spiro atoms. The molecule has 2 aliphatic rings. The molecule has 0 aromatic rings. The number of hydrazine groups is 1. The van der Waals surface area contributed by atoms with Gasteiger partial charge >= 0.3 is 5.97 Å². The molecular weight excluding hydrogens is 172 g/mol. The van der Waals surface area contributed by atoms with Gasteiger partial charge in [0.15, 0.2) is 0 Å². The fraction of sp³-hybridized carbons (Fsp3) is 0.750. The molecule has 0 radical (unpaired) electrons. The Kier molecular flexibility index (Phi) is 1.95. The standard InChI is InChI=1S/C8H12N2O3/c11-7-3-4-9(6-1-2-6)10(7)5-8(12)13/h6H,1-5H2,(H,12,13). The monoisotopic (exact) mass is 184 g/mol. The van der Waals surface area contributed by atoms with E-state index in [-0.39, 0.29) is 12.5 Å². The van der Waals surface area contributed by atoms with Crippen molar-refractivity contribution in [2.45, 2.75) is 25.3 Å². The average molecular weight is 184 g/mol. The maximum atomic E-state index is 11.3. The van der Waals surface area contributed by atoms with E-state index in [1.54, 1.807) is 0 Å². The van der Waals surface area contributed by atoms with Gasteiger partial charge in [-0.1, -0.05) is 0 Å². The molecule has 1 N–H and O–H groups in total. The van der Waals surface area contributed by atoms with Gasteiger partial charge in [-0.2, -0.15) is 0 Å². The molecule has 1 aliphatic carbocycles. The summed E-state index contributed by atoms with van der Waals surface area (Å²) < 4.78 is 0. The maximum absolute atomic E-state index is 11.3. The van der Waals surface area contributed by atoms with E-state index in [0.717, 1.165) is 12.8 Å². The summed E-state index contributed by atoms with van der Waals surface area (Å²) >= 11 is 0. The molecule has 5 heteroatoms. The molecule has 1 heterocycles. The molecule has 2 rings (SSSR count). The second-order valence-electron chi connectivity index (χ2n) is 3.49. The highest BCUT2D eigenvalue weighted by Gasteiger charge is 2.39. The molecule has 1 amide bonds. The quantitative estimate of drug-likeness (QED) is 0.653. The Labute approximate surface area is 75.9 Å². The highest BCUT2D eigenvalue weighted by Crippen LogP contribution is 2.31. The first kappa shape index (κ1) is 8.50. The van der Waals surface area contributed by atoms with Crippen LogP contribution in [-0.2, 0) is 9.59 Å². The lowest BCUT2D eigenvalue weighted by atomic mass is 10.4. The third kappa shape index (κ3) is 1.65. The van der Waals surface area contributed by atoms with E-state index >= 15 is 0 Å². The van der Waals surface area contributed by atoms with Gasteiger partial charge in [0.2, 0.25) is 5.91 Å². The number of carbonyl (C=O) groups excluding carboxylic acids is 1. The van der Waals surface area contributed by atoms with E-state index in [1.807, 2.05) is 5.01 Å². The zero-order valence-electron chi connectivity index (χ0n) is 7.27. The van der Waals surface area contributed by atoms with Crippen molar-refractivity contribution >= 4 is 11.9 Å². The molecule has 0 aromatic heterocycles. The lowest BCUT2D eigenvalue weighted by molar-refractivity contribution is -0.152. The van der Waals surface area contributed by atoms with Crippen LogP contribution in [0.25, 0.3) is 0 Å². The van der Waals surface area contributed by atoms with Crippen LogP contribution in [-0.4, -0.2) is 46.1 Å². The topological polar surface area (TPSA) is 60.9 Å². The van der Waals surface area contributed by atoms with Gasteiger partial charge in [-0.3, -0.25) is 14.6 Å². The summed E-state index contributed by atoms with van der Waals surface area (Å²) in [5.74, 6) is -1.00.